The van der Waals surface area contributed by atoms with E-state index in [-0.39, 0.29) is 22.3 Å². The van der Waals surface area contributed by atoms with Crippen LogP contribution in [0.4, 0.5) is 19.1 Å². The SMILES string of the molecule is Cc1ccc(S(=O)(=O)N/N=C(/c2c(F)cc(Cl)cc2F)N2CCN(c3ncc(F)cn3)CC23CC3)cc1. The molecule has 1 N–H and O–H groups in total. The molecule has 1 aliphatic heterocycles. The molecule has 37 heavy (non-hydrogen) atoms. The number of piperazine rings is 1. The first-order valence-electron chi connectivity index (χ1n) is 11.4. The third-order valence-corrected chi connectivity index (χ3v) is 7.90. The summed E-state index contributed by atoms with van der Waals surface area (Å²) in [6.07, 6.45) is 3.45. The van der Waals surface area contributed by atoms with Crippen LogP contribution >= 0.6 is 11.6 Å². The highest BCUT2D eigenvalue weighted by atomic mass is 35.5. The van der Waals surface area contributed by atoms with Gasteiger partial charge >= 0.3 is 0 Å². The van der Waals surface area contributed by atoms with E-state index in [1.165, 1.54) is 12.1 Å². The first kappa shape index (κ1) is 25.3. The maximum atomic E-state index is 15.1. The molecule has 0 atom stereocenters. The van der Waals surface area contributed by atoms with Gasteiger partial charge in [-0.05, 0) is 44.0 Å². The Balaban J connectivity index is 1.52. The quantitative estimate of drug-likeness (QED) is 0.295. The number of aryl methyl sites for hydroxylation is 1. The second kappa shape index (κ2) is 9.49. The van der Waals surface area contributed by atoms with Crippen molar-refractivity contribution in [2.24, 2.45) is 5.10 Å². The van der Waals surface area contributed by atoms with Crippen LogP contribution < -0.4 is 9.73 Å². The maximum absolute atomic E-state index is 15.1. The number of rotatable bonds is 5. The fourth-order valence-corrected chi connectivity index (χ4v) is 5.40. The molecule has 13 heteroatoms. The van der Waals surface area contributed by atoms with Gasteiger partial charge in [0.25, 0.3) is 10.0 Å². The Bertz CT molecular complexity index is 1440. The van der Waals surface area contributed by atoms with Crippen LogP contribution in [0.25, 0.3) is 0 Å². The molecule has 1 aromatic heterocycles. The van der Waals surface area contributed by atoms with Crippen molar-refractivity contribution >= 4 is 33.4 Å². The van der Waals surface area contributed by atoms with Crippen LogP contribution in [-0.4, -0.2) is 54.3 Å². The second-order valence-corrected chi connectivity index (χ2v) is 11.2. The van der Waals surface area contributed by atoms with Crippen LogP contribution in [0.15, 0.2) is 58.8 Å². The number of hydrogen-bond acceptors (Lipinski definition) is 6. The Kier molecular flexibility index (Phi) is 6.48. The van der Waals surface area contributed by atoms with Crippen molar-refractivity contribution in [3.8, 4) is 0 Å². The Morgan fingerprint density at radius 2 is 1.68 bits per heavy atom. The summed E-state index contributed by atoms with van der Waals surface area (Å²) in [5, 5.41) is 3.93. The van der Waals surface area contributed by atoms with E-state index in [2.05, 4.69) is 19.9 Å². The molecular weight excluding hydrogens is 529 g/mol. The lowest BCUT2D eigenvalue weighted by Crippen LogP contribution is -2.58. The highest BCUT2D eigenvalue weighted by Crippen LogP contribution is 2.46. The number of amidine groups is 1. The molecule has 1 spiro atoms. The van der Waals surface area contributed by atoms with Crippen LogP contribution in [0.2, 0.25) is 5.02 Å². The summed E-state index contributed by atoms with van der Waals surface area (Å²) in [7, 11) is -4.13. The minimum atomic E-state index is -4.13. The van der Waals surface area contributed by atoms with Crippen molar-refractivity contribution in [2.75, 3.05) is 24.5 Å². The Morgan fingerprint density at radius 1 is 1.05 bits per heavy atom. The van der Waals surface area contributed by atoms with Gasteiger partial charge in [0.05, 0.1) is 28.4 Å². The van der Waals surface area contributed by atoms with Gasteiger partial charge in [-0.3, -0.25) is 0 Å². The molecule has 2 aliphatic rings. The van der Waals surface area contributed by atoms with Crippen LogP contribution in [-0.2, 0) is 10.0 Å². The molecule has 0 amide bonds. The normalized spacial score (nSPS) is 17.3. The summed E-state index contributed by atoms with van der Waals surface area (Å²) in [6, 6.07) is 8.00. The summed E-state index contributed by atoms with van der Waals surface area (Å²) < 4.78 is 69.3. The van der Waals surface area contributed by atoms with Gasteiger partial charge in [-0.25, -0.2) is 23.1 Å². The van der Waals surface area contributed by atoms with Gasteiger partial charge < -0.3 is 9.80 Å². The first-order chi connectivity index (χ1) is 17.6. The third kappa shape index (κ3) is 5.08. The summed E-state index contributed by atoms with van der Waals surface area (Å²) >= 11 is 5.83. The van der Waals surface area contributed by atoms with Crippen molar-refractivity contribution in [2.45, 2.75) is 30.2 Å². The predicted octanol–water partition coefficient (Wildman–Crippen LogP) is 3.85. The number of nitrogens with one attached hydrogen (secondary N) is 1. The van der Waals surface area contributed by atoms with Crippen LogP contribution in [0.5, 0.6) is 0 Å². The number of nitrogens with zero attached hydrogens (tertiary/aromatic N) is 5. The van der Waals surface area contributed by atoms with Gasteiger partial charge in [-0.15, -0.1) is 5.10 Å². The van der Waals surface area contributed by atoms with Crippen molar-refractivity contribution < 1.29 is 21.6 Å². The number of hydrogen-bond donors (Lipinski definition) is 1. The highest BCUT2D eigenvalue weighted by molar-refractivity contribution is 7.89. The molecule has 3 aromatic rings. The first-order valence-corrected chi connectivity index (χ1v) is 13.3. The smallest absolute Gasteiger partial charge is 0.276 e. The fourth-order valence-electron chi connectivity index (χ4n) is 4.40. The van der Waals surface area contributed by atoms with Gasteiger partial charge in [-0.1, -0.05) is 29.3 Å². The molecule has 0 bridgehead atoms. The average Bonchev–Trinajstić information content (AvgIpc) is 3.61. The highest BCUT2D eigenvalue weighted by Gasteiger charge is 2.53. The fraction of sp³-hybridized carbons (Fsp3) is 0.292. The van der Waals surface area contributed by atoms with Gasteiger partial charge in [0.15, 0.2) is 11.7 Å². The van der Waals surface area contributed by atoms with Gasteiger partial charge in [0.1, 0.15) is 11.6 Å². The number of sulfonamides is 1. The summed E-state index contributed by atoms with van der Waals surface area (Å²) in [5.41, 5.74) is -0.219. The number of benzene rings is 2. The summed E-state index contributed by atoms with van der Waals surface area (Å²) in [5.74, 6) is -2.38. The van der Waals surface area contributed by atoms with Gasteiger partial charge in [0.2, 0.25) is 5.95 Å². The van der Waals surface area contributed by atoms with Gasteiger partial charge in [0, 0.05) is 24.7 Å². The molecule has 5 rings (SSSR count). The monoisotopic (exact) mass is 550 g/mol. The van der Waals surface area contributed by atoms with E-state index in [4.69, 9.17) is 11.6 Å². The summed E-state index contributed by atoms with van der Waals surface area (Å²) in [6.45, 7) is 2.75. The molecular formula is C24H22ClF3N6O2S. The maximum Gasteiger partial charge on any atom is 0.276 e. The molecule has 0 radical (unpaired) electrons. The molecule has 2 aromatic carbocycles. The molecule has 1 aliphatic carbocycles. The van der Waals surface area contributed by atoms with E-state index in [0.29, 0.717) is 31.9 Å². The van der Waals surface area contributed by atoms with E-state index < -0.39 is 38.6 Å². The lowest BCUT2D eigenvalue weighted by molar-refractivity contribution is 0.256. The zero-order valence-electron chi connectivity index (χ0n) is 19.6. The topological polar surface area (TPSA) is 90.8 Å². The third-order valence-electron chi connectivity index (χ3n) is 6.46. The van der Waals surface area contributed by atoms with Crippen molar-refractivity contribution in [3.63, 3.8) is 0 Å². The molecule has 194 valence electrons. The van der Waals surface area contributed by atoms with Crippen molar-refractivity contribution in [1.82, 2.24) is 19.7 Å². The Hall–Kier alpha value is -3.38. The number of hydrazone groups is 1. The lowest BCUT2D eigenvalue weighted by Gasteiger charge is -2.43. The van der Waals surface area contributed by atoms with E-state index in [1.54, 1.807) is 17.0 Å². The van der Waals surface area contributed by atoms with Crippen molar-refractivity contribution in [1.29, 1.82) is 0 Å². The largest absolute Gasteiger partial charge is 0.345 e. The number of aromatic nitrogens is 2. The van der Waals surface area contributed by atoms with Crippen LogP contribution in [0.3, 0.4) is 0 Å². The zero-order chi connectivity index (χ0) is 26.4. The zero-order valence-corrected chi connectivity index (χ0v) is 21.2. The van der Waals surface area contributed by atoms with Crippen molar-refractivity contribution in [3.05, 3.63) is 82.4 Å². The number of anilines is 1. The molecule has 2 heterocycles. The standard InChI is InChI=1S/C24H22ClF3N6O2S/c1-15-2-4-18(5-3-15)37(35,36)32-31-22(21-19(27)10-16(25)11-20(21)28)34-9-8-33(14-24(34)6-7-24)23-29-12-17(26)13-30-23/h2-5,10-13,32H,6-9,14H2,1H3/b31-22-. The predicted molar refractivity (Wildman–Crippen MR) is 132 cm³/mol. The van der Waals surface area contributed by atoms with Crippen LogP contribution in [0.1, 0.15) is 24.0 Å². The molecule has 2 fully saturated rings. The average molecular weight is 551 g/mol. The van der Waals surface area contributed by atoms with E-state index in [9.17, 15) is 12.8 Å². The molecule has 1 saturated carbocycles. The Labute approximate surface area is 216 Å². The van der Waals surface area contributed by atoms with E-state index in [0.717, 1.165) is 30.1 Å². The minimum Gasteiger partial charge on any atom is -0.345 e. The molecule has 1 saturated heterocycles. The second-order valence-electron chi connectivity index (χ2n) is 9.09. The van der Waals surface area contributed by atoms with E-state index in [1.807, 2.05) is 11.8 Å². The molecule has 0 unspecified atom stereocenters. The Morgan fingerprint density at radius 3 is 2.27 bits per heavy atom. The number of halogens is 4. The van der Waals surface area contributed by atoms with Crippen LogP contribution in [0, 0.1) is 24.4 Å². The summed E-state index contributed by atoms with van der Waals surface area (Å²) in [4.78, 5) is 13.7. The minimum absolute atomic E-state index is 0.0438. The van der Waals surface area contributed by atoms with Gasteiger partial charge in [-0.2, -0.15) is 13.2 Å². The molecule has 8 nitrogen and oxygen atoms in total. The lowest BCUT2D eigenvalue weighted by atomic mass is 10.1. The van der Waals surface area contributed by atoms with E-state index >= 15 is 8.78 Å².